The van der Waals surface area contributed by atoms with E-state index in [9.17, 15) is 14.4 Å². The largest absolute Gasteiger partial charge is 0.366 e. The number of hydrogen-bond acceptors (Lipinski definition) is 9. The van der Waals surface area contributed by atoms with Crippen molar-refractivity contribution >= 4 is 69.3 Å². The third kappa shape index (κ3) is 7.04. The van der Waals surface area contributed by atoms with Crippen LogP contribution in [0.25, 0.3) is 22.1 Å². The summed E-state index contributed by atoms with van der Waals surface area (Å²) in [6.07, 6.45) is 3.39. The number of carbonyl (C=O) groups is 3. The maximum atomic E-state index is 13.5. The summed E-state index contributed by atoms with van der Waals surface area (Å²) in [7, 11) is 1.98. The molecule has 4 N–H and O–H groups in total. The lowest BCUT2D eigenvalue weighted by Crippen LogP contribution is -2.20. The number of nitrogens with two attached hydrogens (primary N) is 1. The molecular formula is C35H42N12O3S. The van der Waals surface area contributed by atoms with Crippen molar-refractivity contribution in [2.45, 2.75) is 66.7 Å². The van der Waals surface area contributed by atoms with E-state index in [1.54, 1.807) is 51.6 Å². The first kappa shape index (κ1) is 35.2. The summed E-state index contributed by atoms with van der Waals surface area (Å²) in [6, 6.07) is 14.6. The Morgan fingerprint density at radius 1 is 0.804 bits per heavy atom. The second-order valence-corrected chi connectivity index (χ2v) is 13.1. The predicted molar refractivity (Wildman–Crippen MR) is 200 cm³/mol. The second kappa shape index (κ2) is 14.7. The number of primary amides is 1. The number of benzene rings is 2. The number of hydrogen-bond donors (Lipinski definition) is 3. The van der Waals surface area contributed by atoms with Crippen molar-refractivity contribution in [3.05, 3.63) is 76.9 Å². The monoisotopic (exact) mass is 710 g/mol. The summed E-state index contributed by atoms with van der Waals surface area (Å²) in [5.41, 5.74) is 12.2. The lowest BCUT2D eigenvalue weighted by molar-refractivity contribution is 0.0995. The standard InChI is InChI=1S/C35H42N12O3S/c1-7-46-28(18-21(3)41-46)32(49)39-34-37-24-20-23(31(36)48)14-15-25(24)44(34)16-9-10-17-45-27-13-11-12-26(43(5)51-6)30(27)38-35(45)40-33(50)29-19-22(4)42-47(29)8-2/h11-15,18-20H,7-10,16-17H2,1-6H3,(H2,36,48)(H,37,39,49)(H,38,40,50). The van der Waals surface area contributed by atoms with Crippen molar-refractivity contribution in [1.29, 1.82) is 0 Å². The number of carbonyl (C=O) groups excluding carboxylic acids is 3. The first-order valence-corrected chi connectivity index (χ1v) is 18.0. The average molecular weight is 711 g/mol. The molecule has 3 amide bonds. The van der Waals surface area contributed by atoms with Crippen molar-refractivity contribution in [3.63, 3.8) is 0 Å². The van der Waals surface area contributed by atoms with Crippen molar-refractivity contribution < 1.29 is 14.4 Å². The molecule has 0 aliphatic carbocycles. The van der Waals surface area contributed by atoms with E-state index in [0.29, 0.717) is 73.4 Å². The Hall–Kier alpha value is -5.64. The molecule has 266 valence electrons. The number of aryl methyl sites for hydroxylation is 6. The van der Waals surface area contributed by atoms with E-state index in [1.165, 1.54) is 0 Å². The quantitative estimate of drug-likeness (QED) is 0.101. The fraction of sp³-hybridized carbons (Fsp3) is 0.343. The Morgan fingerprint density at radius 2 is 1.37 bits per heavy atom. The van der Waals surface area contributed by atoms with E-state index in [1.807, 2.05) is 72.6 Å². The smallest absolute Gasteiger partial charge is 0.276 e. The molecule has 0 unspecified atom stereocenters. The molecule has 15 nitrogen and oxygen atoms in total. The van der Waals surface area contributed by atoms with Gasteiger partial charge in [-0.1, -0.05) is 18.0 Å². The van der Waals surface area contributed by atoms with Gasteiger partial charge in [0.2, 0.25) is 17.8 Å². The fourth-order valence-electron chi connectivity index (χ4n) is 6.22. The molecule has 0 fully saturated rings. The maximum Gasteiger partial charge on any atom is 0.276 e. The van der Waals surface area contributed by atoms with Crippen LogP contribution < -0.4 is 20.7 Å². The second-order valence-electron chi connectivity index (χ2n) is 12.2. The maximum absolute atomic E-state index is 13.5. The van der Waals surface area contributed by atoms with E-state index in [-0.39, 0.29) is 11.8 Å². The van der Waals surface area contributed by atoms with Gasteiger partial charge in [-0.3, -0.25) is 34.4 Å². The minimum atomic E-state index is -0.559. The van der Waals surface area contributed by atoms with Gasteiger partial charge in [-0.2, -0.15) is 10.2 Å². The predicted octanol–water partition coefficient (Wildman–Crippen LogP) is 5.23. The van der Waals surface area contributed by atoms with E-state index in [4.69, 9.17) is 15.7 Å². The molecular weight excluding hydrogens is 669 g/mol. The van der Waals surface area contributed by atoms with Crippen molar-refractivity contribution in [2.24, 2.45) is 5.73 Å². The number of aromatic nitrogens is 8. The van der Waals surface area contributed by atoms with E-state index >= 15 is 0 Å². The lowest BCUT2D eigenvalue weighted by atomic mass is 10.2. The van der Waals surface area contributed by atoms with Gasteiger partial charge in [0.05, 0.1) is 33.6 Å². The molecule has 0 spiro atoms. The van der Waals surface area contributed by atoms with Crippen LogP contribution in [0.3, 0.4) is 0 Å². The zero-order valence-electron chi connectivity index (χ0n) is 29.6. The molecule has 0 bridgehead atoms. The van der Waals surface area contributed by atoms with Crippen LogP contribution in [-0.4, -0.2) is 69.7 Å². The Bertz CT molecular complexity index is 2260. The number of rotatable bonds is 14. The summed E-state index contributed by atoms with van der Waals surface area (Å²) >= 11 is 1.57. The van der Waals surface area contributed by atoms with Gasteiger partial charge in [0.15, 0.2) is 0 Å². The van der Waals surface area contributed by atoms with Crippen LogP contribution in [0.2, 0.25) is 0 Å². The molecule has 16 heteroatoms. The van der Waals surface area contributed by atoms with Crippen molar-refractivity contribution in [3.8, 4) is 0 Å². The molecule has 51 heavy (non-hydrogen) atoms. The topological polar surface area (TPSA) is 176 Å². The van der Waals surface area contributed by atoms with Gasteiger partial charge < -0.3 is 19.2 Å². The number of unbranched alkanes of at least 4 members (excludes halogenated alkanes) is 1. The lowest BCUT2D eigenvalue weighted by Gasteiger charge is -2.15. The normalized spacial score (nSPS) is 11.4. The minimum absolute atomic E-state index is 0.283. The Labute approximate surface area is 299 Å². The van der Waals surface area contributed by atoms with Crippen LogP contribution in [0.4, 0.5) is 17.6 Å². The number of nitrogens with one attached hydrogen (secondary N) is 2. The zero-order valence-corrected chi connectivity index (χ0v) is 30.4. The number of fused-ring (bicyclic) bond motifs is 2. The number of amides is 3. The summed E-state index contributed by atoms with van der Waals surface area (Å²) in [5.74, 6) is -0.377. The van der Waals surface area contributed by atoms with Crippen molar-refractivity contribution in [1.82, 2.24) is 38.7 Å². The van der Waals surface area contributed by atoms with Crippen LogP contribution in [0.5, 0.6) is 0 Å². The first-order chi connectivity index (χ1) is 24.5. The van der Waals surface area contributed by atoms with Gasteiger partial charge in [-0.25, -0.2) is 9.97 Å². The molecule has 0 atom stereocenters. The zero-order chi connectivity index (χ0) is 36.4. The van der Waals surface area contributed by atoms with Gasteiger partial charge in [-0.15, -0.1) is 0 Å². The van der Waals surface area contributed by atoms with Gasteiger partial charge in [0.25, 0.3) is 11.8 Å². The Kier molecular flexibility index (Phi) is 10.1. The Morgan fingerprint density at radius 3 is 1.92 bits per heavy atom. The van der Waals surface area contributed by atoms with Crippen molar-refractivity contribution in [2.75, 3.05) is 28.2 Å². The highest BCUT2D eigenvalue weighted by Gasteiger charge is 2.22. The molecule has 2 aromatic carbocycles. The third-order valence-corrected chi connectivity index (χ3v) is 9.48. The number of para-hydroxylation sites is 1. The van der Waals surface area contributed by atoms with E-state index < -0.39 is 5.91 Å². The minimum Gasteiger partial charge on any atom is -0.366 e. The molecule has 4 aromatic heterocycles. The van der Waals surface area contributed by atoms with Gasteiger partial charge >= 0.3 is 0 Å². The fourth-order valence-corrected chi connectivity index (χ4v) is 6.56. The molecule has 6 rings (SSSR count). The molecule has 0 aliphatic heterocycles. The Balaban J connectivity index is 1.28. The summed E-state index contributed by atoms with van der Waals surface area (Å²) in [4.78, 5) is 48.5. The highest BCUT2D eigenvalue weighted by molar-refractivity contribution is 7.99. The van der Waals surface area contributed by atoms with Crippen LogP contribution in [0.1, 0.15) is 69.4 Å². The van der Waals surface area contributed by atoms with Crippen LogP contribution in [0, 0.1) is 13.8 Å². The molecule has 0 radical (unpaired) electrons. The number of anilines is 3. The molecule has 0 saturated heterocycles. The first-order valence-electron chi connectivity index (χ1n) is 16.8. The van der Waals surface area contributed by atoms with Gasteiger partial charge in [0.1, 0.15) is 16.9 Å². The summed E-state index contributed by atoms with van der Waals surface area (Å²) < 4.78 is 9.34. The van der Waals surface area contributed by atoms with E-state index in [0.717, 1.165) is 33.6 Å². The highest BCUT2D eigenvalue weighted by Crippen LogP contribution is 2.32. The molecule has 0 saturated carbocycles. The van der Waals surface area contributed by atoms with Crippen LogP contribution in [-0.2, 0) is 26.2 Å². The third-order valence-electron chi connectivity index (χ3n) is 8.74. The SMILES string of the molecule is CCn1nc(C)cc1C(=O)Nc1nc2cc(C(N)=O)ccc2n1CCCCn1c(NC(=O)c2cc(C)nn2CC)nc2c(N(C)SC)cccc21. The molecule has 6 aromatic rings. The van der Waals surface area contributed by atoms with Crippen LogP contribution >= 0.6 is 11.9 Å². The van der Waals surface area contributed by atoms with Crippen LogP contribution in [0.15, 0.2) is 48.5 Å². The highest BCUT2D eigenvalue weighted by atomic mass is 32.2. The van der Waals surface area contributed by atoms with E-state index in [2.05, 4.69) is 20.8 Å². The van der Waals surface area contributed by atoms with Gasteiger partial charge in [0, 0.05) is 45.0 Å². The number of nitrogens with zero attached hydrogens (tertiary/aromatic N) is 9. The van der Waals surface area contributed by atoms with Gasteiger partial charge in [-0.05, 0) is 83.0 Å². The molecule has 4 heterocycles. The summed E-state index contributed by atoms with van der Waals surface area (Å²) in [5, 5.41) is 14.9. The molecule has 0 aliphatic rings. The summed E-state index contributed by atoms with van der Waals surface area (Å²) in [6.45, 7) is 9.74. The number of imidazole rings is 2. The average Bonchev–Trinajstić information content (AvgIpc) is 3.88.